The Hall–Kier alpha value is -0.850. The average molecular weight is 773 g/mol. The molecule has 0 amide bonds. The van der Waals surface area contributed by atoms with Gasteiger partial charge in [-0.15, -0.1) is 0 Å². The van der Waals surface area contributed by atoms with Crippen LogP contribution in [0.15, 0.2) is 0 Å². The van der Waals surface area contributed by atoms with Crippen molar-refractivity contribution in [2.24, 2.45) is 58.2 Å². The molecule has 6 aliphatic rings. The molecule has 0 aromatic heterocycles. The molecule has 6 rings (SSSR count). The van der Waals surface area contributed by atoms with Crippen molar-refractivity contribution in [2.45, 2.75) is 173 Å². The Morgan fingerprint density at radius 2 is 1.33 bits per heavy atom. The van der Waals surface area contributed by atoms with Gasteiger partial charge in [0.2, 0.25) is 0 Å². The van der Waals surface area contributed by atoms with Crippen LogP contribution in [0.5, 0.6) is 0 Å². The molecule has 4 saturated carbocycles. The molecule has 2 saturated heterocycles. The number of aliphatic hydroxyl groups is 9. The molecule has 4 aliphatic carbocycles. The highest BCUT2D eigenvalue weighted by molar-refractivity contribution is 5.83. The molecule has 2 aliphatic heterocycles. The first-order valence-electron chi connectivity index (χ1n) is 20.5. The topological polar surface area (TPSA) is 236 Å². The van der Waals surface area contributed by atoms with Crippen LogP contribution in [-0.2, 0) is 23.7 Å². The maximum Gasteiger partial charge on any atom is 0.186 e. The minimum Gasteiger partial charge on any atom is -0.394 e. The van der Waals surface area contributed by atoms with E-state index in [-0.39, 0.29) is 52.1 Å². The van der Waals surface area contributed by atoms with Gasteiger partial charge in [-0.2, -0.15) is 0 Å². The van der Waals surface area contributed by atoms with Crippen molar-refractivity contribution in [3.05, 3.63) is 0 Å². The van der Waals surface area contributed by atoms with E-state index in [0.717, 1.165) is 32.1 Å². The Labute approximate surface area is 319 Å². The van der Waals surface area contributed by atoms with Gasteiger partial charge in [0.15, 0.2) is 12.6 Å². The molecule has 54 heavy (non-hydrogen) atoms. The van der Waals surface area contributed by atoms with E-state index >= 15 is 0 Å². The van der Waals surface area contributed by atoms with E-state index in [4.69, 9.17) is 18.9 Å². The first-order chi connectivity index (χ1) is 25.3. The van der Waals surface area contributed by atoms with Crippen molar-refractivity contribution in [3.63, 3.8) is 0 Å². The number of Topliss-reactive ketones (excluding diaryl/α,β-unsaturated/α-hetero) is 1. The van der Waals surface area contributed by atoms with Gasteiger partial charge in [-0.05, 0) is 97.2 Å². The van der Waals surface area contributed by atoms with E-state index < -0.39 is 92.9 Å². The minimum absolute atomic E-state index is 0.0137. The van der Waals surface area contributed by atoms with Crippen LogP contribution in [0.3, 0.4) is 0 Å². The maximum atomic E-state index is 14.2. The fourth-order valence-corrected chi connectivity index (χ4v) is 12.0. The van der Waals surface area contributed by atoms with Gasteiger partial charge in [0.1, 0.15) is 54.6 Å². The van der Waals surface area contributed by atoms with Gasteiger partial charge in [-0.3, -0.25) is 4.79 Å². The Bertz CT molecular complexity index is 1280. The van der Waals surface area contributed by atoms with Crippen LogP contribution in [0.4, 0.5) is 0 Å². The molecular formula is C40H68O14. The molecule has 0 unspecified atom stereocenters. The third-order valence-corrected chi connectivity index (χ3v) is 15.9. The zero-order chi connectivity index (χ0) is 39.6. The van der Waals surface area contributed by atoms with Crippen LogP contribution in [0.25, 0.3) is 0 Å². The van der Waals surface area contributed by atoms with Crippen LogP contribution in [0, 0.1) is 58.2 Å². The summed E-state index contributed by atoms with van der Waals surface area (Å²) in [4.78, 5) is 14.2. The second-order valence-electron chi connectivity index (χ2n) is 18.9. The summed E-state index contributed by atoms with van der Waals surface area (Å²) in [5, 5.41) is 94.7. The highest BCUT2D eigenvalue weighted by Gasteiger charge is 2.63. The predicted octanol–water partition coefficient (Wildman–Crippen LogP) is 0.484. The Balaban J connectivity index is 1.08. The molecule has 9 N–H and O–H groups in total. The standard InChI is InChI=1S/C40H68O14/c1-17(2)18(3)29(43)30(44)19(4)22-7-8-23-21-14-26(42)25-13-20(9-11-40(25,6)24(21)10-12-39(22,23)5)52-38-36(50)34(48)32(46)28(54-38)16-51-37-35(49)33(47)31(45)27(15-41)53-37/h17-25,27-38,41,43-50H,7-16H2,1-6H3/t18-,19+,20+,21-,22+,23+,24-,25-,27-,28-,29-,30-,31-,32-,33+,34+,35-,36-,37-,38-,39-,40-/m1/s1. The Morgan fingerprint density at radius 1 is 0.741 bits per heavy atom. The zero-order valence-corrected chi connectivity index (χ0v) is 32.8. The molecule has 312 valence electrons. The highest BCUT2D eigenvalue weighted by Crippen LogP contribution is 2.68. The molecule has 14 heteroatoms. The number of carbonyl (C=O) groups is 1. The van der Waals surface area contributed by atoms with Crippen molar-refractivity contribution in [2.75, 3.05) is 13.2 Å². The molecule has 0 radical (unpaired) electrons. The lowest BCUT2D eigenvalue weighted by molar-refractivity contribution is -0.337. The van der Waals surface area contributed by atoms with Crippen molar-refractivity contribution in [1.82, 2.24) is 0 Å². The summed E-state index contributed by atoms with van der Waals surface area (Å²) in [5.41, 5.74) is -0.244. The second-order valence-corrected chi connectivity index (χ2v) is 18.9. The Morgan fingerprint density at radius 3 is 1.98 bits per heavy atom. The molecule has 2 heterocycles. The number of ketones is 1. The van der Waals surface area contributed by atoms with Crippen molar-refractivity contribution in [3.8, 4) is 0 Å². The van der Waals surface area contributed by atoms with Crippen molar-refractivity contribution < 1.29 is 69.7 Å². The molecule has 0 spiro atoms. The molecule has 0 aromatic carbocycles. The van der Waals surface area contributed by atoms with Gasteiger partial charge < -0.3 is 64.9 Å². The van der Waals surface area contributed by atoms with Crippen LogP contribution in [0.2, 0.25) is 0 Å². The largest absolute Gasteiger partial charge is 0.394 e. The Kier molecular flexibility index (Phi) is 13.0. The van der Waals surface area contributed by atoms with Crippen LogP contribution in [0.1, 0.15) is 92.9 Å². The van der Waals surface area contributed by atoms with Crippen LogP contribution < -0.4 is 0 Å². The van der Waals surface area contributed by atoms with Gasteiger partial charge in [0, 0.05) is 12.3 Å². The third-order valence-electron chi connectivity index (χ3n) is 15.9. The minimum atomic E-state index is -1.67. The van der Waals surface area contributed by atoms with E-state index in [9.17, 15) is 50.8 Å². The monoisotopic (exact) mass is 772 g/mol. The van der Waals surface area contributed by atoms with Crippen molar-refractivity contribution >= 4 is 5.78 Å². The molecule has 0 aromatic rings. The fourth-order valence-electron chi connectivity index (χ4n) is 12.0. The first kappa shape index (κ1) is 42.7. The van der Waals surface area contributed by atoms with Crippen LogP contribution >= 0.6 is 0 Å². The van der Waals surface area contributed by atoms with E-state index in [1.54, 1.807) is 0 Å². The molecule has 0 bridgehead atoms. The maximum absolute atomic E-state index is 14.2. The van der Waals surface area contributed by atoms with Gasteiger partial charge in [-0.1, -0.05) is 41.5 Å². The highest BCUT2D eigenvalue weighted by atomic mass is 16.7. The summed E-state index contributed by atoms with van der Waals surface area (Å²) < 4.78 is 23.1. The van der Waals surface area contributed by atoms with E-state index in [1.165, 1.54) is 0 Å². The summed E-state index contributed by atoms with van der Waals surface area (Å²) in [5.74, 6) is 1.42. The number of hydrogen-bond acceptors (Lipinski definition) is 14. The van der Waals surface area contributed by atoms with Gasteiger partial charge in [0.05, 0.1) is 31.5 Å². The lowest BCUT2D eigenvalue weighted by Crippen LogP contribution is -2.62. The normalized spacial score (nSPS) is 50.5. The predicted molar refractivity (Wildman–Crippen MR) is 192 cm³/mol. The number of fused-ring (bicyclic) bond motifs is 5. The summed E-state index contributed by atoms with van der Waals surface area (Å²) >= 11 is 0. The summed E-state index contributed by atoms with van der Waals surface area (Å²) in [6.45, 7) is 11.8. The SMILES string of the molecule is CC(C)[C@@H](C)[C@@H](O)[C@H](O)[C@@H](C)[C@@H]1CC[C@H]2[C@H]3CC(=O)[C@H]4C[C@@H](O[C@@H]5O[C@H](CO[C@@H]6O[C@H](CO)[C@@H](O)[C@H](O)[C@H]6O)[C@@H](O)[C@H](O)[C@H]5O)CC[C@]4(C)[C@@H]3CC[C@]12C. The number of rotatable bonds is 11. The smallest absolute Gasteiger partial charge is 0.186 e. The van der Waals surface area contributed by atoms with E-state index in [2.05, 4.69) is 34.6 Å². The first-order valence-corrected chi connectivity index (χ1v) is 20.5. The van der Waals surface area contributed by atoms with Gasteiger partial charge in [-0.25, -0.2) is 0 Å². The van der Waals surface area contributed by atoms with Gasteiger partial charge >= 0.3 is 0 Å². The van der Waals surface area contributed by atoms with Gasteiger partial charge in [0.25, 0.3) is 0 Å². The average Bonchev–Trinajstić information content (AvgIpc) is 3.50. The molecule has 6 fully saturated rings. The second kappa shape index (κ2) is 16.4. The zero-order valence-electron chi connectivity index (χ0n) is 32.8. The van der Waals surface area contributed by atoms with Crippen molar-refractivity contribution in [1.29, 1.82) is 0 Å². The van der Waals surface area contributed by atoms with E-state index in [1.807, 2.05) is 6.92 Å². The third kappa shape index (κ3) is 7.48. The lowest BCUT2D eigenvalue weighted by Gasteiger charge is -2.60. The number of carbonyl (C=O) groups excluding carboxylic acids is 1. The number of aliphatic hydroxyl groups excluding tert-OH is 9. The molecular weight excluding hydrogens is 704 g/mol. The number of hydrogen-bond donors (Lipinski definition) is 9. The summed E-state index contributed by atoms with van der Waals surface area (Å²) in [7, 11) is 0. The summed E-state index contributed by atoms with van der Waals surface area (Å²) in [6, 6.07) is 0. The van der Waals surface area contributed by atoms with Crippen LogP contribution in [-0.4, -0.2) is 145 Å². The fraction of sp³-hybridized carbons (Fsp3) is 0.975. The lowest BCUT2D eigenvalue weighted by atomic mass is 9.44. The summed E-state index contributed by atoms with van der Waals surface area (Å²) in [6.07, 6.45) is -10.7. The molecule has 22 atom stereocenters. The quantitative estimate of drug-likeness (QED) is 0.130. The number of ether oxygens (including phenoxy) is 4. The molecule has 14 nitrogen and oxygen atoms in total. The van der Waals surface area contributed by atoms with E-state index in [0.29, 0.717) is 31.1 Å².